The highest BCUT2D eigenvalue weighted by Gasteiger charge is 2.44. The van der Waals surface area contributed by atoms with Gasteiger partial charge < -0.3 is 11.1 Å². The zero-order chi connectivity index (χ0) is 16.4. The molecule has 0 heterocycles. The van der Waals surface area contributed by atoms with Crippen molar-refractivity contribution < 1.29 is 13.2 Å². The standard InChI is InChI=1S/C15H21ClN2O3S.ClH/c1-22(20,21)8-5-13(17)14(19)18-10-15(6-7-15)11-3-2-4-12(16)9-11;/h2-4,9,13H,5-8,10,17H2,1H3,(H,18,19);1H. The number of nitrogens with one attached hydrogen (secondary N) is 1. The van der Waals surface area contributed by atoms with Crippen LogP contribution < -0.4 is 11.1 Å². The molecular weight excluding hydrogens is 359 g/mol. The molecular formula is C15H22Cl2N2O3S. The van der Waals surface area contributed by atoms with E-state index in [1.807, 2.05) is 24.3 Å². The number of hydrogen-bond acceptors (Lipinski definition) is 4. The van der Waals surface area contributed by atoms with Crippen LogP contribution in [0.2, 0.25) is 5.02 Å². The molecule has 1 aliphatic rings. The predicted molar refractivity (Wildman–Crippen MR) is 94.9 cm³/mol. The molecule has 1 fully saturated rings. The predicted octanol–water partition coefficient (Wildman–Crippen LogP) is 1.67. The molecule has 8 heteroatoms. The lowest BCUT2D eigenvalue weighted by atomic mass is 9.96. The van der Waals surface area contributed by atoms with Gasteiger partial charge in [-0.25, -0.2) is 8.42 Å². The maximum atomic E-state index is 12.0. The first-order chi connectivity index (χ1) is 10.2. The third kappa shape index (κ3) is 5.95. The number of carbonyl (C=O) groups excluding carboxylic acids is 1. The van der Waals surface area contributed by atoms with E-state index in [9.17, 15) is 13.2 Å². The van der Waals surface area contributed by atoms with E-state index in [1.54, 1.807) is 0 Å². The molecule has 1 unspecified atom stereocenters. The molecule has 1 aromatic carbocycles. The van der Waals surface area contributed by atoms with Crippen LogP contribution in [-0.2, 0) is 20.0 Å². The minimum absolute atomic E-state index is 0. The number of carbonyl (C=O) groups is 1. The molecule has 0 aromatic heterocycles. The Hall–Kier alpha value is -0.820. The van der Waals surface area contributed by atoms with E-state index in [2.05, 4.69) is 5.32 Å². The van der Waals surface area contributed by atoms with Crippen LogP contribution in [-0.4, -0.2) is 38.9 Å². The summed E-state index contributed by atoms with van der Waals surface area (Å²) in [4.78, 5) is 12.0. The summed E-state index contributed by atoms with van der Waals surface area (Å²) in [6.45, 7) is 0.499. The molecule has 130 valence electrons. The van der Waals surface area contributed by atoms with Gasteiger partial charge in [-0.05, 0) is 37.0 Å². The quantitative estimate of drug-likeness (QED) is 0.752. The average molecular weight is 381 g/mol. The van der Waals surface area contributed by atoms with Crippen molar-refractivity contribution in [3.05, 3.63) is 34.9 Å². The van der Waals surface area contributed by atoms with Gasteiger partial charge >= 0.3 is 0 Å². The molecule has 1 aromatic rings. The van der Waals surface area contributed by atoms with Crippen molar-refractivity contribution in [3.63, 3.8) is 0 Å². The van der Waals surface area contributed by atoms with E-state index in [4.69, 9.17) is 17.3 Å². The number of benzene rings is 1. The molecule has 0 radical (unpaired) electrons. The summed E-state index contributed by atoms with van der Waals surface area (Å²) in [5.74, 6) is -0.391. The van der Waals surface area contributed by atoms with Gasteiger partial charge in [-0.1, -0.05) is 23.7 Å². The lowest BCUT2D eigenvalue weighted by molar-refractivity contribution is -0.122. The number of nitrogens with two attached hydrogens (primary N) is 1. The maximum absolute atomic E-state index is 12.0. The summed E-state index contributed by atoms with van der Waals surface area (Å²) >= 11 is 6.01. The minimum Gasteiger partial charge on any atom is -0.354 e. The van der Waals surface area contributed by atoms with Gasteiger partial charge in [-0.2, -0.15) is 0 Å². The molecule has 0 saturated heterocycles. The lowest BCUT2D eigenvalue weighted by Crippen LogP contribution is -2.44. The number of sulfone groups is 1. The van der Waals surface area contributed by atoms with Crippen LogP contribution in [0.25, 0.3) is 0 Å². The van der Waals surface area contributed by atoms with Gasteiger partial charge in [0.15, 0.2) is 0 Å². The Kier molecular flexibility index (Phi) is 6.89. The molecule has 1 saturated carbocycles. The van der Waals surface area contributed by atoms with Gasteiger partial charge in [0.05, 0.1) is 11.8 Å². The summed E-state index contributed by atoms with van der Waals surface area (Å²) < 4.78 is 22.2. The summed E-state index contributed by atoms with van der Waals surface area (Å²) in [6, 6.07) is 6.85. The largest absolute Gasteiger partial charge is 0.354 e. The Labute approximate surface area is 148 Å². The Balaban J connectivity index is 0.00000264. The van der Waals surface area contributed by atoms with Gasteiger partial charge in [-0.3, -0.25) is 4.79 Å². The minimum atomic E-state index is -3.11. The first kappa shape index (κ1) is 20.2. The van der Waals surface area contributed by atoms with Crippen molar-refractivity contribution in [2.24, 2.45) is 5.73 Å². The van der Waals surface area contributed by atoms with Gasteiger partial charge in [0.1, 0.15) is 9.84 Å². The van der Waals surface area contributed by atoms with Crippen LogP contribution in [0.5, 0.6) is 0 Å². The molecule has 2 rings (SSSR count). The Morgan fingerprint density at radius 2 is 2.09 bits per heavy atom. The molecule has 1 atom stereocenters. The van der Waals surface area contributed by atoms with Gasteiger partial charge in [0.2, 0.25) is 5.91 Å². The first-order valence-corrected chi connectivity index (χ1v) is 9.63. The van der Waals surface area contributed by atoms with E-state index in [1.165, 1.54) is 0 Å². The van der Waals surface area contributed by atoms with E-state index >= 15 is 0 Å². The third-order valence-corrected chi connectivity index (χ3v) is 5.24. The lowest BCUT2D eigenvalue weighted by Gasteiger charge is -2.19. The molecule has 0 aliphatic heterocycles. The smallest absolute Gasteiger partial charge is 0.236 e. The second-order valence-corrected chi connectivity index (χ2v) is 8.73. The normalized spacial score (nSPS) is 17.0. The number of amides is 1. The SMILES string of the molecule is CS(=O)(=O)CCC(N)C(=O)NCC1(c2cccc(Cl)c2)CC1.Cl. The number of hydrogen-bond donors (Lipinski definition) is 2. The number of halogens is 2. The monoisotopic (exact) mass is 380 g/mol. The van der Waals surface area contributed by atoms with Crippen LogP contribution in [0.15, 0.2) is 24.3 Å². The fourth-order valence-electron chi connectivity index (χ4n) is 2.40. The van der Waals surface area contributed by atoms with Crippen LogP contribution in [0, 0.1) is 0 Å². The van der Waals surface area contributed by atoms with Gasteiger partial charge in [-0.15, -0.1) is 12.4 Å². The fourth-order valence-corrected chi connectivity index (χ4v) is 3.27. The first-order valence-electron chi connectivity index (χ1n) is 7.19. The Bertz CT molecular complexity index is 660. The van der Waals surface area contributed by atoms with Crippen LogP contribution >= 0.6 is 24.0 Å². The summed E-state index contributed by atoms with van der Waals surface area (Å²) in [5.41, 5.74) is 6.80. The van der Waals surface area contributed by atoms with Gasteiger partial charge in [0, 0.05) is 23.2 Å². The highest BCUT2D eigenvalue weighted by molar-refractivity contribution is 7.90. The zero-order valence-corrected chi connectivity index (χ0v) is 15.3. The molecule has 0 bridgehead atoms. The summed E-state index contributed by atoms with van der Waals surface area (Å²) in [6.07, 6.45) is 3.25. The van der Waals surface area contributed by atoms with Crippen LogP contribution in [0.4, 0.5) is 0 Å². The highest BCUT2D eigenvalue weighted by atomic mass is 35.5. The van der Waals surface area contributed by atoms with Gasteiger partial charge in [0.25, 0.3) is 0 Å². The molecule has 0 spiro atoms. The molecule has 23 heavy (non-hydrogen) atoms. The molecule has 5 nitrogen and oxygen atoms in total. The Morgan fingerprint density at radius 1 is 1.43 bits per heavy atom. The molecule has 1 aliphatic carbocycles. The summed E-state index contributed by atoms with van der Waals surface area (Å²) in [5, 5.41) is 3.52. The van der Waals surface area contributed by atoms with E-state index in [0.717, 1.165) is 24.7 Å². The van der Waals surface area contributed by atoms with Crippen molar-refractivity contribution in [1.82, 2.24) is 5.32 Å². The second-order valence-electron chi connectivity index (χ2n) is 6.03. The van der Waals surface area contributed by atoms with Crippen molar-refractivity contribution in [3.8, 4) is 0 Å². The maximum Gasteiger partial charge on any atom is 0.236 e. The topological polar surface area (TPSA) is 89.3 Å². The Morgan fingerprint density at radius 3 is 2.61 bits per heavy atom. The van der Waals surface area contributed by atoms with E-state index in [-0.39, 0.29) is 35.9 Å². The fraction of sp³-hybridized carbons (Fsp3) is 0.533. The van der Waals surface area contributed by atoms with Crippen molar-refractivity contribution in [1.29, 1.82) is 0 Å². The second kappa shape index (κ2) is 7.83. The van der Waals surface area contributed by atoms with E-state index < -0.39 is 15.9 Å². The molecule has 1 amide bonds. The molecule has 3 N–H and O–H groups in total. The van der Waals surface area contributed by atoms with E-state index in [0.29, 0.717) is 11.6 Å². The average Bonchev–Trinajstić information content (AvgIpc) is 3.22. The highest BCUT2D eigenvalue weighted by Crippen LogP contribution is 2.48. The van der Waals surface area contributed by atoms with Crippen LogP contribution in [0.3, 0.4) is 0 Å². The third-order valence-electron chi connectivity index (χ3n) is 4.03. The van der Waals surface area contributed by atoms with Crippen molar-refractivity contribution in [2.75, 3.05) is 18.6 Å². The number of rotatable bonds is 7. The van der Waals surface area contributed by atoms with Crippen molar-refractivity contribution in [2.45, 2.75) is 30.7 Å². The summed E-state index contributed by atoms with van der Waals surface area (Å²) in [7, 11) is -3.11. The van der Waals surface area contributed by atoms with Crippen LogP contribution in [0.1, 0.15) is 24.8 Å². The van der Waals surface area contributed by atoms with Crippen molar-refractivity contribution >= 4 is 39.8 Å². The zero-order valence-electron chi connectivity index (χ0n) is 12.9.